The van der Waals surface area contributed by atoms with Gasteiger partial charge in [0.25, 0.3) is 10.0 Å². The lowest BCUT2D eigenvalue weighted by Gasteiger charge is -2.11. The number of benzene rings is 2. The Balaban J connectivity index is 2.19. The van der Waals surface area contributed by atoms with Crippen LogP contribution in [0.3, 0.4) is 0 Å². The highest BCUT2D eigenvalue weighted by Crippen LogP contribution is 2.26. The van der Waals surface area contributed by atoms with Gasteiger partial charge in [0, 0.05) is 5.69 Å². The molecule has 0 radical (unpaired) electrons. The molecule has 0 aliphatic rings. The van der Waals surface area contributed by atoms with Crippen LogP contribution < -0.4 is 10.0 Å². The van der Waals surface area contributed by atoms with Crippen LogP contribution >= 0.6 is 11.6 Å². The standard InChI is InChI=1S/C14H9ClF4N2O3S/c15-11-7-8(16)1-6-12(11)21-25(23,24)10-4-2-9(3-5-10)20-13(22)14(17,18)19/h1-7,21H,(H,20,22). The van der Waals surface area contributed by atoms with Crippen LogP contribution in [0.15, 0.2) is 47.4 Å². The van der Waals surface area contributed by atoms with Gasteiger partial charge >= 0.3 is 12.1 Å². The first-order valence-corrected chi connectivity index (χ1v) is 8.31. The summed E-state index contributed by atoms with van der Waals surface area (Å²) in [5, 5.41) is 1.41. The first-order chi connectivity index (χ1) is 11.5. The summed E-state index contributed by atoms with van der Waals surface area (Å²) in [5.41, 5.74) is -0.307. The van der Waals surface area contributed by atoms with E-state index in [0.29, 0.717) is 0 Å². The van der Waals surface area contributed by atoms with Crippen molar-refractivity contribution in [2.24, 2.45) is 0 Å². The molecule has 2 rings (SSSR count). The van der Waals surface area contributed by atoms with E-state index >= 15 is 0 Å². The lowest BCUT2D eigenvalue weighted by atomic mass is 10.3. The van der Waals surface area contributed by atoms with E-state index in [1.807, 2.05) is 0 Å². The minimum Gasteiger partial charge on any atom is -0.318 e. The number of rotatable bonds is 4. The van der Waals surface area contributed by atoms with Gasteiger partial charge in [-0.15, -0.1) is 0 Å². The van der Waals surface area contributed by atoms with Gasteiger partial charge in [-0.3, -0.25) is 9.52 Å². The molecule has 2 aromatic rings. The molecule has 134 valence electrons. The van der Waals surface area contributed by atoms with E-state index in [-0.39, 0.29) is 21.3 Å². The molecule has 0 fully saturated rings. The maximum atomic E-state index is 13.0. The Morgan fingerprint density at radius 2 is 1.64 bits per heavy atom. The van der Waals surface area contributed by atoms with Gasteiger partial charge in [0.2, 0.25) is 0 Å². The number of carbonyl (C=O) groups excluding carboxylic acids is 1. The quantitative estimate of drug-likeness (QED) is 0.772. The van der Waals surface area contributed by atoms with Gasteiger partial charge < -0.3 is 5.32 Å². The number of sulfonamides is 1. The highest BCUT2D eigenvalue weighted by Gasteiger charge is 2.38. The zero-order valence-corrected chi connectivity index (χ0v) is 13.6. The molecule has 0 saturated carbocycles. The third kappa shape index (κ3) is 4.83. The van der Waals surface area contributed by atoms with Crippen molar-refractivity contribution in [3.05, 3.63) is 53.3 Å². The Morgan fingerprint density at radius 1 is 1.04 bits per heavy atom. The third-order valence-corrected chi connectivity index (χ3v) is 4.55. The second-order valence-electron chi connectivity index (χ2n) is 4.71. The molecular formula is C14H9ClF4N2O3S. The molecule has 1 amide bonds. The Labute approximate surface area is 144 Å². The van der Waals surface area contributed by atoms with E-state index in [4.69, 9.17) is 11.6 Å². The lowest BCUT2D eigenvalue weighted by Crippen LogP contribution is -2.29. The summed E-state index contributed by atoms with van der Waals surface area (Å²) < 4.78 is 75.9. The van der Waals surface area contributed by atoms with E-state index in [9.17, 15) is 30.8 Å². The van der Waals surface area contributed by atoms with E-state index in [0.717, 1.165) is 42.5 Å². The maximum Gasteiger partial charge on any atom is 0.471 e. The molecule has 0 unspecified atom stereocenters. The highest BCUT2D eigenvalue weighted by molar-refractivity contribution is 7.92. The van der Waals surface area contributed by atoms with Crippen LogP contribution in [0.2, 0.25) is 5.02 Å². The van der Waals surface area contributed by atoms with Crippen molar-refractivity contribution in [2.45, 2.75) is 11.1 Å². The number of halogens is 5. The van der Waals surface area contributed by atoms with Crippen molar-refractivity contribution in [3.8, 4) is 0 Å². The number of nitrogens with one attached hydrogen (secondary N) is 2. The molecule has 5 nitrogen and oxygen atoms in total. The van der Waals surface area contributed by atoms with Gasteiger partial charge in [0.15, 0.2) is 0 Å². The first-order valence-electron chi connectivity index (χ1n) is 6.45. The topological polar surface area (TPSA) is 75.3 Å². The minimum atomic E-state index is -5.06. The molecule has 0 atom stereocenters. The Kier molecular flexibility index (Phi) is 5.23. The summed E-state index contributed by atoms with van der Waals surface area (Å²) in [6.45, 7) is 0. The van der Waals surface area contributed by atoms with Crippen LogP contribution in [-0.2, 0) is 14.8 Å². The molecule has 0 aromatic heterocycles. The summed E-state index contributed by atoms with van der Waals surface area (Å²) in [5.74, 6) is -2.84. The highest BCUT2D eigenvalue weighted by atomic mass is 35.5. The molecule has 11 heteroatoms. The second kappa shape index (κ2) is 6.89. The van der Waals surface area contributed by atoms with Crippen molar-refractivity contribution in [2.75, 3.05) is 10.0 Å². The fraction of sp³-hybridized carbons (Fsp3) is 0.0714. The summed E-state index contributed by atoms with van der Waals surface area (Å²) >= 11 is 5.73. The molecule has 0 spiro atoms. The van der Waals surface area contributed by atoms with Crippen LogP contribution in [0.4, 0.5) is 28.9 Å². The SMILES string of the molecule is O=C(Nc1ccc(S(=O)(=O)Nc2ccc(F)cc2Cl)cc1)C(F)(F)F. The summed E-state index contributed by atoms with van der Waals surface area (Å²) in [4.78, 5) is 10.5. The molecule has 0 aliphatic heterocycles. The van der Waals surface area contributed by atoms with Crippen LogP contribution in [0.1, 0.15) is 0 Å². The van der Waals surface area contributed by atoms with Gasteiger partial charge in [-0.05, 0) is 42.5 Å². The zero-order valence-electron chi connectivity index (χ0n) is 12.1. The molecule has 0 saturated heterocycles. The number of hydrogen-bond acceptors (Lipinski definition) is 3. The van der Waals surface area contributed by atoms with Gasteiger partial charge in [-0.1, -0.05) is 11.6 Å². The summed E-state index contributed by atoms with van der Waals surface area (Å²) in [6, 6.07) is 6.99. The average Bonchev–Trinajstić information content (AvgIpc) is 2.49. The number of carbonyl (C=O) groups is 1. The van der Waals surface area contributed by atoms with E-state index < -0.39 is 27.9 Å². The van der Waals surface area contributed by atoms with Crippen molar-refractivity contribution in [3.63, 3.8) is 0 Å². The van der Waals surface area contributed by atoms with Crippen molar-refractivity contribution in [1.82, 2.24) is 0 Å². The Hall–Kier alpha value is -2.33. The van der Waals surface area contributed by atoms with Crippen LogP contribution in [0.5, 0.6) is 0 Å². The third-order valence-electron chi connectivity index (χ3n) is 2.86. The second-order valence-corrected chi connectivity index (χ2v) is 6.80. The number of alkyl halides is 3. The predicted molar refractivity (Wildman–Crippen MR) is 83.3 cm³/mol. The van der Waals surface area contributed by atoms with Crippen molar-refractivity contribution < 1.29 is 30.8 Å². The minimum absolute atomic E-state index is 0.0717. The number of hydrogen-bond donors (Lipinski definition) is 2. The fourth-order valence-corrected chi connectivity index (χ4v) is 3.05. The van der Waals surface area contributed by atoms with E-state index in [1.54, 1.807) is 5.32 Å². The van der Waals surface area contributed by atoms with E-state index in [2.05, 4.69) is 4.72 Å². The van der Waals surface area contributed by atoms with Crippen LogP contribution in [0, 0.1) is 5.82 Å². The largest absolute Gasteiger partial charge is 0.471 e. The van der Waals surface area contributed by atoms with Gasteiger partial charge in [0.05, 0.1) is 15.6 Å². The normalized spacial score (nSPS) is 11.9. The molecular weight excluding hydrogens is 388 g/mol. The molecule has 2 N–H and O–H groups in total. The van der Waals surface area contributed by atoms with Gasteiger partial charge in [0.1, 0.15) is 5.82 Å². The summed E-state index contributed by atoms with van der Waals surface area (Å²) in [6.07, 6.45) is -5.06. The molecule has 25 heavy (non-hydrogen) atoms. The molecule has 2 aromatic carbocycles. The van der Waals surface area contributed by atoms with Crippen LogP contribution in [0.25, 0.3) is 0 Å². The van der Waals surface area contributed by atoms with Gasteiger partial charge in [-0.25, -0.2) is 12.8 Å². The smallest absolute Gasteiger partial charge is 0.318 e. The van der Waals surface area contributed by atoms with Crippen LogP contribution in [-0.4, -0.2) is 20.5 Å². The lowest BCUT2D eigenvalue weighted by molar-refractivity contribution is -0.167. The first kappa shape index (κ1) is 19.0. The van der Waals surface area contributed by atoms with E-state index in [1.165, 1.54) is 0 Å². The van der Waals surface area contributed by atoms with Crippen molar-refractivity contribution in [1.29, 1.82) is 0 Å². The molecule has 0 aliphatic carbocycles. The average molecular weight is 397 g/mol. The molecule has 0 bridgehead atoms. The molecule has 0 heterocycles. The Bertz CT molecular complexity index is 899. The number of amides is 1. The fourth-order valence-electron chi connectivity index (χ4n) is 1.70. The Morgan fingerprint density at radius 3 is 2.16 bits per heavy atom. The number of anilines is 2. The van der Waals surface area contributed by atoms with Gasteiger partial charge in [-0.2, -0.15) is 13.2 Å². The maximum absolute atomic E-state index is 13.0. The zero-order chi connectivity index (χ0) is 18.8. The predicted octanol–water partition coefficient (Wildman–Crippen LogP) is 3.78. The monoisotopic (exact) mass is 396 g/mol. The van der Waals surface area contributed by atoms with Crippen molar-refractivity contribution >= 4 is 38.9 Å². The summed E-state index contributed by atoms with van der Waals surface area (Å²) in [7, 11) is -4.11.